The Morgan fingerprint density at radius 2 is 1.96 bits per heavy atom. The van der Waals surface area contributed by atoms with Gasteiger partial charge in [0, 0.05) is 20.1 Å². The van der Waals surface area contributed by atoms with Crippen LogP contribution in [0.4, 0.5) is 10.2 Å². The zero-order chi connectivity index (χ0) is 17.1. The average molecular weight is 330 g/mol. The number of ether oxygens (including phenoxy) is 1. The van der Waals surface area contributed by atoms with Crippen molar-refractivity contribution < 1.29 is 13.9 Å². The number of benzene rings is 1. The lowest BCUT2D eigenvalue weighted by atomic mass is 10.1. The number of carbonyl (C=O) groups is 1. The molecule has 126 valence electrons. The number of carbonyl (C=O) groups excluding carboxylic acids is 1. The molecule has 24 heavy (non-hydrogen) atoms. The molecule has 1 aromatic heterocycles. The molecule has 7 heteroatoms. The molecule has 6 nitrogen and oxygen atoms in total. The predicted molar refractivity (Wildman–Crippen MR) is 87.3 cm³/mol. The second-order valence-corrected chi connectivity index (χ2v) is 5.75. The smallest absolute Gasteiger partial charge is 0.271 e. The summed E-state index contributed by atoms with van der Waals surface area (Å²) in [5.41, 5.74) is 1.19. The third kappa shape index (κ3) is 3.51. The summed E-state index contributed by atoms with van der Waals surface area (Å²) in [5, 5.41) is 10.6. The molecule has 2 heterocycles. The number of anilines is 1. The Labute approximate surface area is 139 Å². The van der Waals surface area contributed by atoms with Gasteiger partial charge >= 0.3 is 0 Å². The SMILES string of the molecule is CNC(=O)c1ccc(N2CC(C)OC(c3ccc(F)cc3)C2)nn1. The van der Waals surface area contributed by atoms with Gasteiger partial charge in [0.1, 0.15) is 11.9 Å². The number of halogens is 1. The number of amides is 1. The number of hydrogen-bond acceptors (Lipinski definition) is 5. The van der Waals surface area contributed by atoms with E-state index in [1.54, 1.807) is 31.3 Å². The normalized spacial score (nSPS) is 20.7. The Morgan fingerprint density at radius 1 is 1.21 bits per heavy atom. The first-order chi connectivity index (χ1) is 11.6. The van der Waals surface area contributed by atoms with Crippen LogP contribution in [0.2, 0.25) is 0 Å². The van der Waals surface area contributed by atoms with Gasteiger partial charge in [0.15, 0.2) is 11.5 Å². The van der Waals surface area contributed by atoms with E-state index in [0.717, 1.165) is 5.56 Å². The highest BCUT2D eigenvalue weighted by atomic mass is 19.1. The molecule has 2 aromatic rings. The first kappa shape index (κ1) is 16.3. The minimum atomic E-state index is -0.270. The number of aromatic nitrogens is 2. The van der Waals surface area contributed by atoms with E-state index < -0.39 is 0 Å². The van der Waals surface area contributed by atoms with Gasteiger partial charge in [0.05, 0.1) is 6.10 Å². The Balaban J connectivity index is 1.78. The van der Waals surface area contributed by atoms with Crippen LogP contribution in [0.15, 0.2) is 36.4 Å². The second kappa shape index (κ2) is 6.92. The topological polar surface area (TPSA) is 67.4 Å². The molecule has 0 radical (unpaired) electrons. The van der Waals surface area contributed by atoms with Crippen molar-refractivity contribution in [3.05, 3.63) is 53.5 Å². The quantitative estimate of drug-likeness (QED) is 0.931. The maximum Gasteiger partial charge on any atom is 0.271 e. The molecule has 0 aliphatic carbocycles. The van der Waals surface area contributed by atoms with Gasteiger partial charge in [-0.25, -0.2) is 4.39 Å². The van der Waals surface area contributed by atoms with Crippen LogP contribution in [0, 0.1) is 5.82 Å². The Hall–Kier alpha value is -2.54. The molecule has 0 bridgehead atoms. The van der Waals surface area contributed by atoms with Crippen LogP contribution in [0.5, 0.6) is 0 Å². The molecule has 0 spiro atoms. The van der Waals surface area contributed by atoms with Crippen molar-refractivity contribution >= 4 is 11.7 Å². The van der Waals surface area contributed by atoms with Crippen molar-refractivity contribution in [2.75, 3.05) is 25.0 Å². The molecule has 3 rings (SSSR count). The highest BCUT2D eigenvalue weighted by molar-refractivity contribution is 5.91. The molecule has 1 aliphatic rings. The summed E-state index contributed by atoms with van der Waals surface area (Å²) in [5.74, 6) is 0.147. The maximum absolute atomic E-state index is 13.1. The van der Waals surface area contributed by atoms with E-state index in [1.165, 1.54) is 12.1 Å². The highest BCUT2D eigenvalue weighted by Gasteiger charge is 2.27. The van der Waals surface area contributed by atoms with Gasteiger partial charge in [-0.3, -0.25) is 4.79 Å². The molecule has 1 aromatic carbocycles. The second-order valence-electron chi connectivity index (χ2n) is 5.75. The molecule has 1 N–H and O–H groups in total. The molecule has 1 aliphatic heterocycles. The van der Waals surface area contributed by atoms with Crippen LogP contribution < -0.4 is 10.2 Å². The van der Waals surface area contributed by atoms with Crippen molar-refractivity contribution in [3.63, 3.8) is 0 Å². The zero-order valence-corrected chi connectivity index (χ0v) is 13.6. The molecule has 2 atom stereocenters. The minimum absolute atomic E-state index is 0.00535. The average Bonchev–Trinajstić information content (AvgIpc) is 2.61. The van der Waals surface area contributed by atoms with E-state index in [4.69, 9.17) is 4.74 Å². The molecular weight excluding hydrogens is 311 g/mol. The molecule has 2 unspecified atom stereocenters. The van der Waals surface area contributed by atoms with Crippen LogP contribution in [0.1, 0.15) is 29.1 Å². The van der Waals surface area contributed by atoms with Crippen LogP contribution >= 0.6 is 0 Å². The van der Waals surface area contributed by atoms with Crippen LogP contribution in [-0.4, -0.2) is 42.3 Å². The Morgan fingerprint density at radius 3 is 2.58 bits per heavy atom. The van der Waals surface area contributed by atoms with Gasteiger partial charge in [0.2, 0.25) is 0 Å². The van der Waals surface area contributed by atoms with E-state index >= 15 is 0 Å². The molecule has 1 amide bonds. The lowest BCUT2D eigenvalue weighted by molar-refractivity contribution is -0.0176. The lowest BCUT2D eigenvalue weighted by Crippen LogP contribution is -2.43. The largest absolute Gasteiger partial charge is 0.367 e. The van der Waals surface area contributed by atoms with E-state index in [-0.39, 0.29) is 29.6 Å². The fraction of sp³-hybridized carbons (Fsp3) is 0.353. The van der Waals surface area contributed by atoms with Crippen molar-refractivity contribution in [1.82, 2.24) is 15.5 Å². The molecule has 1 fully saturated rings. The first-order valence-corrected chi connectivity index (χ1v) is 7.78. The van der Waals surface area contributed by atoms with Gasteiger partial charge < -0.3 is 15.0 Å². The summed E-state index contributed by atoms with van der Waals surface area (Å²) in [7, 11) is 1.55. The van der Waals surface area contributed by atoms with Crippen molar-refractivity contribution in [2.24, 2.45) is 0 Å². The summed E-state index contributed by atoms with van der Waals surface area (Å²) in [6.07, 6.45) is -0.177. The van der Waals surface area contributed by atoms with Crippen molar-refractivity contribution in [2.45, 2.75) is 19.1 Å². The third-order valence-corrected chi connectivity index (χ3v) is 3.94. The monoisotopic (exact) mass is 330 g/mol. The van der Waals surface area contributed by atoms with Gasteiger partial charge in [0.25, 0.3) is 5.91 Å². The highest BCUT2D eigenvalue weighted by Crippen LogP contribution is 2.27. The standard InChI is InChI=1S/C17H19FN4O2/c1-11-9-22(16-8-7-14(20-21-16)17(23)19-2)10-15(24-11)12-3-5-13(18)6-4-12/h3-8,11,15H,9-10H2,1-2H3,(H,19,23). The first-order valence-electron chi connectivity index (χ1n) is 7.78. The third-order valence-electron chi connectivity index (χ3n) is 3.94. The summed E-state index contributed by atoms with van der Waals surface area (Å²) in [4.78, 5) is 13.6. The Kier molecular flexibility index (Phi) is 4.71. The van der Waals surface area contributed by atoms with Gasteiger partial charge in [-0.1, -0.05) is 12.1 Å². The van der Waals surface area contributed by atoms with Crippen molar-refractivity contribution in [3.8, 4) is 0 Å². The van der Waals surface area contributed by atoms with E-state index in [1.807, 2.05) is 6.92 Å². The fourth-order valence-electron chi connectivity index (χ4n) is 2.74. The summed E-state index contributed by atoms with van der Waals surface area (Å²) in [6.45, 7) is 3.24. The predicted octanol–water partition coefficient (Wildman–Crippen LogP) is 1.94. The van der Waals surface area contributed by atoms with Crippen LogP contribution in [-0.2, 0) is 4.74 Å². The van der Waals surface area contributed by atoms with E-state index in [2.05, 4.69) is 20.4 Å². The van der Waals surface area contributed by atoms with Gasteiger partial charge in [-0.2, -0.15) is 0 Å². The van der Waals surface area contributed by atoms with Crippen LogP contribution in [0.3, 0.4) is 0 Å². The van der Waals surface area contributed by atoms with E-state index in [0.29, 0.717) is 18.9 Å². The summed E-state index contributed by atoms with van der Waals surface area (Å²) < 4.78 is 19.1. The Bertz CT molecular complexity index is 706. The molecular formula is C17H19FN4O2. The van der Waals surface area contributed by atoms with Crippen molar-refractivity contribution in [1.29, 1.82) is 0 Å². The van der Waals surface area contributed by atoms with Gasteiger partial charge in [-0.15, -0.1) is 10.2 Å². The molecule has 0 saturated carbocycles. The number of morpholine rings is 1. The number of nitrogens with one attached hydrogen (secondary N) is 1. The summed E-state index contributed by atoms with van der Waals surface area (Å²) >= 11 is 0. The van der Waals surface area contributed by atoms with Crippen LogP contribution in [0.25, 0.3) is 0 Å². The number of hydrogen-bond donors (Lipinski definition) is 1. The van der Waals surface area contributed by atoms with Gasteiger partial charge in [-0.05, 0) is 36.8 Å². The lowest BCUT2D eigenvalue weighted by Gasteiger charge is -2.37. The number of nitrogens with zero attached hydrogens (tertiary/aromatic N) is 3. The fourth-order valence-corrected chi connectivity index (χ4v) is 2.74. The minimum Gasteiger partial charge on any atom is -0.367 e. The van der Waals surface area contributed by atoms with E-state index in [9.17, 15) is 9.18 Å². The molecule has 1 saturated heterocycles. The zero-order valence-electron chi connectivity index (χ0n) is 13.6. The summed E-state index contributed by atoms with van der Waals surface area (Å²) in [6, 6.07) is 9.75. The maximum atomic E-state index is 13.1. The number of rotatable bonds is 3.